The van der Waals surface area contributed by atoms with Crippen LogP contribution >= 0.6 is 0 Å². The minimum atomic E-state index is -0.827. The number of nitrogens with two attached hydrogens (primary N) is 1. The van der Waals surface area contributed by atoms with E-state index in [4.69, 9.17) is 15.6 Å². The highest BCUT2D eigenvalue weighted by Gasteiger charge is 2.24. The molecule has 20 heavy (non-hydrogen) atoms. The Morgan fingerprint density at radius 3 is 2.75 bits per heavy atom. The molecule has 0 aromatic carbocycles. The van der Waals surface area contributed by atoms with Crippen LogP contribution in [0.5, 0.6) is 5.88 Å². The highest BCUT2D eigenvalue weighted by atomic mass is 16.5. The zero-order chi connectivity index (χ0) is 14.5. The normalized spacial score (nSPS) is 17.8. The van der Waals surface area contributed by atoms with E-state index in [2.05, 4.69) is 4.98 Å². The highest BCUT2D eigenvalue weighted by Crippen LogP contribution is 2.27. The number of piperidine rings is 1. The van der Waals surface area contributed by atoms with Crippen LogP contribution in [0, 0.1) is 5.92 Å². The van der Waals surface area contributed by atoms with Gasteiger partial charge in [0.05, 0.1) is 7.11 Å². The molecule has 0 saturated carbocycles. The quantitative estimate of drug-likeness (QED) is 0.878. The Kier molecular flexibility index (Phi) is 4.79. The smallest absolute Gasteiger partial charge is 0.407 e. The first-order valence-electron chi connectivity index (χ1n) is 6.83. The van der Waals surface area contributed by atoms with Gasteiger partial charge in [0.15, 0.2) is 0 Å². The fourth-order valence-electron chi connectivity index (χ4n) is 2.59. The van der Waals surface area contributed by atoms with E-state index in [-0.39, 0.29) is 6.04 Å². The molecule has 2 rings (SSSR count). The van der Waals surface area contributed by atoms with Gasteiger partial charge in [0.25, 0.3) is 0 Å². The number of carboxylic acid groups (broad SMARTS) is 1. The SMILES string of the molecule is COc1ccc([C@@H](N)CC2CCN(C(=O)O)CC2)cn1. The maximum atomic E-state index is 10.8. The van der Waals surface area contributed by atoms with Crippen LogP contribution in [0.3, 0.4) is 0 Å². The van der Waals surface area contributed by atoms with Crippen molar-refractivity contribution in [1.82, 2.24) is 9.88 Å². The van der Waals surface area contributed by atoms with Gasteiger partial charge in [-0.15, -0.1) is 0 Å². The number of hydrogen-bond acceptors (Lipinski definition) is 4. The third-order valence-corrected chi connectivity index (χ3v) is 3.87. The number of methoxy groups -OCH3 is 1. The summed E-state index contributed by atoms with van der Waals surface area (Å²) in [5.74, 6) is 1.05. The molecule has 1 atom stereocenters. The van der Waals surface area contributed by atoms with Crippen molar-refractivity contribution in [3.8, 4) is 5.88 Å². The molecule has 1 aliphatic rings. The Hall–Kier alpha value is -1.82. The van der Waals surface area contributed by atoms with Gasteiger partial charge >= 0.3 is 6.09 Å². The summed E-state index contributed by atoms with van der Waals surface area (Å²) >= 11 is 0. The molecule has 1 aromatic heterocycles. The van der Waals surface area contributed by atoms with Gasteiger partial charge in [-0.25, -0.2) is 9.78 Å². The van der Waals surface area contributed by atoms with E-state index in [0.29, 0.717) is 24.9 Å². The van der Waals surface area contributed by atoms with Crippen molar-refractivity contribution in [2.45, 2.75) is 25.3 Å². The number of pyridine rings is 1. The Morgan fingerprint density at radius 1 is 1.55 bits per heavy atom. The first-order valence-corrected chi connectivity index (χ1v) is 6.83. The Bertz CT molecular complexity index is 441. The number of hydrogen-bond donors (Lipinski definition) is 2. The molecule has 110 valence electrons. The first kappa shape index (κ1) is 14.6. The van der Waals surface area contributed by atoms with Crippen molar-refractivity contribution < 1.29 is 14.6 Å². The standard InChI is InChI=1S/C14H21N3O3/c1-20-13-3-2-11(9-16-13)12(15)8-10-4-6-17(7-5-10)14(18)19/h2-3,9-10,12H,4-8,15H2,1H3,(H,18,19)/t12-/m0/s1. The number of ether oxygens (including phenoxy) is 1. The minimum absolute atomic E-state index is 0.0604. The van der Waals surface area contributed by atoms with Gasteiger partial charge in [-0.05, 0) is 30.7 Å². The molecule has 1 fully saturated rings. The molecule has 6 heteroatoms. The average molecular weight is 279 g/mol. The van der Waals surface area contributed by atoms with Gasteiger partial charge in [-0.1, -0.05) is 6.07 Å². The van der Waals surface area contributed by atoms with Crippen molar-refractivity contribution in [2.24, 2.45) is 11.7 Å². The van der Waals surface area contributed by atoms with E-state index >= 15 is 0 Å². The van der Waals surface area contributed by atoms with Crippen LogP contribution in [0.4, 0.5) is 4.79 Å². The molecule has 0 spiro atoms. The first-order chi connectivity index (χ1) is 9.60. The molecular formula is C14H21N3O3. The number of amides is 1. The fraction of sp³-hybridized carbons (Fsp3) is 0.571. The third-order valence-electron chi connectivity index (χ3n) is 3.87. The lowest BCUT2D eigenvalue weighted by molar-refractivity contribution is 0.122. The van der Waals surface area contributed by atoms with E-state index in [0.717, 1.165) is 24.8 Å². The van der Waals surface area contributed by atoms with Crippen molar-refractivity contribution in [2.75, 3.05) is 20.2 Å². The molecule has 3 N–H and O–H groups in total. The lowest BCUT2D eigenvalue weighted by Crippen LogP contribution is -2.38. The summed E-state index contributed by atoms with van der Waals surface area (Å²) in [6, 6.07) is 3.68. The fourth-order valence-corrected chi connectivity index (χ4v) is 2.59. The topological polar surface area (TPSA) is 88.7 Å². The molecule has 1 amide bonds. The Labute approximate surface area is 118 Å². The van der Waals surface area contributed by atoms with E-state index in [9.17, 15) is 4.79 Å². The van der Waals surface area contributed by atoms with Crippen molar-refractivity contribution in [3.05, 3.63) is 23.9 Å². The second-order valence-electron chi connectivity index (χ2n) is 5.19. The van der Waals surface area contributed by atoms with E-state index in [1.54, 1.807) is 13.3 Å². The number of nitrogens with zero attached hydrogens (tertiary/aromatic N) is 2. The Balaban J connectivity index is 1.85. The van der Waals surface area contributed by atoms with E-state index < -0.39 is 6.09 Å². The number of aromatic nitrogens is 1. The summed E-state index contributed by atoms with van der Waals surface area (Å²) < 4.78 is 5.02. The van der Waals surface area contributed by atoms with Crippen LogP contribution in [0.15, 0.2) is 18.3 Å². The van der Waals surface area contributed by atoms with Gasteiger partial charge in [0, 0.05) is 31.4 Å². The molecule has 2 heterocycles. The molecule has 1 aromatic rings. The van der Waals surface area contributed by atoms with Gasteiger partial charge in [-0.3, -0.25) is 0 Å². The van der Waals surface area contributed by atoms with Crippen molar-refractivity contribution >= 4 is 6.09 Å². The molecule has 0 unspecified atom stereocenters. The molecule has 0 radical (unpaired) electrons. The zero-order valence-electron chi connectivity index (χ0n) is 11.7. The second kappa shape index (κ2) is 6.56. The number of carbonyl (C=O) groups is 1. The van der Waals surface area contributed by atoms with Crippen molar-refractivity contribution in [3.63, 3.8) is 0 Å². The zero-order valence-corrected chi connectivity index (χ0v) is 11.7. The lowest BCUT2D eigenvalue weighted by Gasteiger charge is -2.31. The molecule has 6 nitrogen and oxygen atoms in total. The lowest BCUT2D eigenvalue weighted by atomic mass is 9.88. The van der Waals surface area contributed by atoms with Crippen molar-refractivity contribution in [1.29, 1.82) is 0 Å². The van der Waals surface area contributed by atoms with Crippen LogP contribution in [0.2, 0.25) is 0 Å². The minimum Gasteiger partial charge on any atom is -0.481 e. The maximum Gasteiger partial charge on any atom is 0.407 e. The largest absolute Gasteiger partial charge is 0.481 e. The summed E-state index contributed by atoms with van der Waals surface area (Å²) in [4.78, 5) is 16.5. The predicted molar refractivity (Wildman–Crippen MR) is 74.7 cm³/mol. The second-order valence-corrected chi connectivity index (χ2v) is 5.19. The summed E-state index contributed by atoms with van der Waals surface area (Å²) in [7, 11) is 1.58. The highest BCUT2D eigenvalue weighted by molar-refractivity contribution is 5.64. The summed E-state index contributed by atoms with van der Waals surface area (Å²) in [5, 5.41) is 8.91. The Morgan fingerprint density at radius 2 is 2.25 bits per heavy atom. The molecule has 0 bridgehead atoms. The van der Waals surface area contributed by atoms with E-state index in [1.807, 2.05) is 12.1 Å². The van der Waals surface area contributed by atoms with Gasteiger partial charge in [-0.2, -0.15) is 0 Å². The van der Waals surface area contributed by atoms with Crippen LogP contribution < -0.4 is 10.5 Å². The van der Waals surface area contributed by atoms with Crippen LogP contribution in [-0.2, 0) is 0 Å². The monoisotopic (exact) mass is 279 g/mol. The predicted octanol–water partition coefficient (Wildman–Crippen LogP) is 1.87. The number of rotatable bonds is 4. The maximum absolute atomic E-state index is 10.8. The van der Waals surface area contributed by atoms with Gasteiger partial charge in [0.2, 0.25) is 5.88 Å². The molecule has 1 saturated heterocycles. The summed E-state index contributed by atoms with van der Waals surface area (Å²) in [6.45, 7) is 1.21. The van der Waals surface area contributed by atoms with Crippen LogP contribution in [-0.4, -0.2) is 41.3 Å². The summed E-state index contributed by atoms with van der Waals surface area (Å²) in [5.41, 5.74) is 7.19. The van der Waals surface area contributed by atoms with Gasteiger partial charge in [0.1, 0.15) is 0 Å². The average Bonchev–Trinajstić information content (AvgIpc) is 2.48. The molecular weight excluding hydrogens is 258 g/mol. The van der Waals surface area contributed by atoms with Crippen LogP contribution in [0.25, 0.3) is 0 Å². The summed E-state index contributed by atoms with van der Waals surface area (Å²) in [6.07, 6.45) is 3.54. The van der Waals surface area contributed by atoms with E-state index in [1.165, 1.54) is 4.90 Å². The third kappa shape index (κ3) is 3.60. The molecule has 0 aliphatic carbocycles. The van der Waals surface area contributed by atoms with Crippen LogP contribution in [0.1, 0.15) is 30.9 Å². The number of likely N-dealkylation sites (tertiary alicyclic amines) is 1. The van der Waals surface area contributed by atoms with Gasteiger partial charge < -0.3 is 20.5 Å². The molecule has 1 aliphatic heterocycles.